The Hall–Kier alpha value is -2.58. The van der Waals surface area contributed by atoms with Crippen molar-refractivity contribution in [2.45, 2.75) is 12.8 Å². The first-order valence-electron chi connectivity index (χ1n) is 5.26. The number of carboxylic acid groups (broad SMARTS) is 1. The maximum atomic E-state index is 13.2. The van der Waals surface area contributed by atoms with Crippen LogP contribution in [-0.4, -0.2) is 23.0 Å². The Bertz CT molecular complexity index is 563. The number of imide groups is 1. The summed E-state index contributed by atoms with van der Waals surface area (Å²) in [5.74, 6) is -6.27. The number of amides is 3. The molecule has 1 aromatic carbocycles. The highest BCUT2D eigenvalue weighted by atomic mass is 19.2. The van der Waals surface area contributed by atoms with Gasteiger partial charge in [-0.3, -0.25) is 14.9 Å². The Morgan fingerprint density at radius 3 is 2.35 bits per heavy atom. The molecule has 108 valence electrons. The van der Waals surface area contributed by atoms with E-state index in [2.05, 4.69) is 0 Å². The maximum absolute atomic E-state index is 13.2. The van der Waals surface area contributed by atoms with Gasteiger partial charge in [-0.2, -0.15) is 0 Å². The lowest BCUT2D eigenvalue weighted by atomic mass is 10.3. The normalized spacial score (nSPS) is 9.95. The Kier molecular flexibility index (Phi) is 5.07. The van der Waals surface area contributed by atoms with Crippen molar-refractivity contribution < 1.29 is 32.7 Å². The van der Waals surface area contributed by atoms with Crippen LogP contribution in [0.1, 0.15) is 12.8 Å². The second kappa shape index (κ2) is 6.55. The molecule has 0 unspecified atom stereocenters. The van der Waals surface area contributed by atoms with Crippen molar-refractivity contribution in [1.29, 1.82) is 0 Å². The fourth-order valence-electron chi connectivity index (χ4n) is 1.21. The van der Waals surface area contributed by atoms with Gasteiger partial charge in [0.1, 0.15) is 5.82 Å². The Labute approximate surface area is 110 Å². The van der Waals surface area contributed by atoms with E-state index >= 15 is 0 Å². The fourth-order valence-corrected chi connectivity index (χ4v) is 1.21. The number of benzene rings is 1. The van der Waals surface area contributed by atoms with Crippen molar-refractivity contribution in [1.82, 2.24) is 5.32 Å². The standard InChI is InChI=1S/C11H9F3N2O4/c12-5-3-6(13)10(14)7(4-5)15-11(20)16-8(17)1-2-9(18)19/h3-4H,1-2H2,(H,18,19)(H2,15,16,17,20). The first-order chi connectivity index (χ1) is 9.29. The van der Waals surface area contributed by atoms with Gasteiger partial charge in [0.15, 0.2) is 11.6 Å². The van der Waals surface area contributed by atoms with Crippen molar-refractivity contribution in [2.75, 3.05) is 5.32 Å². The Balaban J connectivity index is 2.63. The number of halogens is 3. The van der Waals surface area contributed by atoms with Crippen LogP contribution in [0.2, 0.25) is 0 Å². The number of hydrogen-bond donors (Lipinski definition) is 3. The quantitative estimate of drug-likeness (QED) is 0.734. The average Bonchev–Trinajstić information content (AvgIpc) is 2.32. The van der Waals surface area contributed by atoms with Crippen LogP contribution in [0.4, 0.5) is 23.7 Å². The largest absolute Gasteiger partial charge is 0.481 e. The molecule has 0 saturated carbocycles. The van der Waals surface area contributed by atoms with Gasteiger partial charge in [-0.05, 0) is 0 Å². The van der Waals surface area contributed by atoms with Crippen LogP contribution in [0, 0.1) is 17.5 Å². The monoisotopic (exact) mass is 290 g/mol. The van der Waals surface area contributed by atoms with Crippen molar-refractivity contribution in [2.24, 2.45) is 0 Å². The van der Waals surface area contributed by atoms with Gasteiger partial charge in [-0.25, -0.2) is 18.0 Å². The molecule has 0 bridgehead atoms. The lowest BCUT2D eigenvalue weighted by Crippen LogP contribution is -2.34. The molecule has 1 rings (SSSR count). The molecule has 20 heavy (non-hydrogen) atoms. The first kappa shape index (κ1) is 15.5. The molecule has 1 aromatic rings. The first-order valence-corrected chi connectivity index (χ1v) is 5.26. The number of aliphatic carboxylic acids is 1. The minimum atomic E-state index is -1.50. The Morgan fingerprint density at radius 2 is 1.75 bits per heavy atom. The molecule has 9 heteroatoms. The molecule has 0 heterocycles. The van der Waals surface area contributed by atoms with Gasteiger partial charge in [-0.1, -0.05) is 0 Å². The number of anilines is 1. The van der Waals surface area contributed by atoms with Gasteiger partial charge >= 0.3 is 12.0 Å². The molecule has 3 N–H and O–H groups in total. The summed E-state index contributed by atoms with van der Waals surface area (Å²) in [4.78, 5) is 32.5. The second-order valence-corrected chi connectivity index (χ2v) is 3.65. The zero-order valence-corrected chi connectivity index (χ0v) is 9.87. The van der Waals surface area contributed by atoms with E-state index in [-0.39, 0.29) is 6.07 Å². The van der Waals surface area contributed by atoms with Crippen molar-refractivity contribution in [3.05, 3.63) is 29.6 Å². The molecular formula is C11H9F3N2O4. The molecule has 0 radical (unpaired) electrons. The van der Waals surface area contributed by atoms with Crippen molar-refractivity contribution >= 4 is 23.6 Å². The summed E-state index contributed by atoms with van der Waals surface area (Å²) in [5.41, 5.74) is -0.786. The lowest BCUT2D eigenvalue weighted by molar-refractivity contribution is -0.138. The van der Waals surface area contributed by atoms with Gasteiger partial charge in [0.2, 0.25) is 5.91 Å². The predicted octanol–water partition coefficient (Wildman–Crippen LogP) is 1.62. The number of urea groups is 1. The fraction of sp³-hybridized carbons (Fsp3) is 0.182. The molecule has 6 nitrogen and oxygen atoms in total. The molecular weight excluding hydrogens is 281 g/mol. The van der Waals surface area contributed by atoms with Crippen LogP contribution in [0.5, 0.6) is 0 Å². The van der Waals surface area contributed by atoms with Crippen LogP contribution < -0.4 is 10.6 Å². The van der Waals surface area contributed by atoms with Gasteiger partial charge in [0.05, 0.1) is 12.1 Å². The van der Waals surface area contributed by atoms with Crippen LogP contribution in [0.15, 0.2) is 12.1 Å². The number of hydrogen-bond acceptors (Lipinski definition) is 3. The summed E-state index contributed by atoms with van der Waals surface area (Å²) in [6, 6.07) is -0.417. The highest BCUT2D eigenvalue weighted by Crippen LogP contribution is 2.18. The van der Waals surface area contributed by atoms with E-state index < -0.39 is 53.9 Å². The van der Waals surface area contributed by atoms with E-state index in [0.29, 0.717) is 6.07 Å². The summed E-state index contributed by atoms with van der Waals surface area (Å²) in [7, 11) is 0. The van der Waals surface area contributed by atoms with E-state index in [1.54, 1.807) is 10.6 Å². The van der Waals surface area contributed by atoms with E-state index in [0.717, 1.165) is 0 Å². The number of rotatable bonds is 4. The third-order valence-electron chi connectivity index (χ3n) is 2.06. The molecule has 0 atom stereocenters. The topological polar surface area (TPSA) is 95.5 Å². The molecule has 3 amide bonds. The van der Waals surface area contributed by atoms with Crippen LogP contribution in [-0.2, 0) is 9.59 Å². The summed E-state index contributed by atoms with van der Waals surface area (Å²) in [6.07, 6.45) is -0.967. The zero-order chi connectivity index (χ0) is 15.3. The predicted molar refractivity (Wildman–Crippen MR) is 60.3 cm³/mol. The number of carboxylic acids is 1. The molecule has 0 saturated heterocycles. The average molecular weight is 290 g/mol. The van der Waals surface area contributed by atoms with Crippen LogP contribution in [0.25, 0.3) is 0 Å². The number of carbonyl (C=O) groups excluding carboxylic acids is 2. The number of carbonyl (C=O) groups is 3. The molecule has 0 aliphatic carbocycles. The maximum Gasteiger partial charge on any atom is 0.325 e. The van der Waals surface area contributed by atoms with E-state index in [1.165, 1.54) is 0 Å². The van der Waals surface area contributed by atoms with Gasteiger partial charge in [-0.15, -0.1) is 0 Å². The van der Waals surface area contributed by atoms with E-state index in [1.807, 2.05) is 0 Å². The molecule has 0 aromatic heterocycles. The van der Waals surface area contributed by atoms with Gasteiger partial charge in [0, 0.05) is 18.6 Å². The summed E-state index contributed by atoms with van der Waals surface area (Å²) >= 11 is 0. The minimum absolute atomic E-state index is 0.288. The van der Waals surface area contributed by atoms with Crippen molar-refractivity contribution in [3.63, 3.8) is 0 Å². The third kappa shape index (κ3) is 4.59. The van der Waals surface area contributed by atoms with E-state index in [9.17, 15) is 27.6 Å². The molecule has 0 fully saturated rings. The molecule has 0 spiro atoms. The summed E-state index contributed by atoms with van der Waals surface area (Å²) in [5, 5.41) is 11.7. The molecule has 0 aliphatic heterocycles. The minimum Gasteiger partial charge on any atom is -0.481 e. The SMILES string of the molecule is O=C(O)CCC(=O)NC(=O)Nc1cc(F)cc(F)c1F. The summed E-state index contributed by atoms with van der Waals surface area (Å²) in [6.45, 7) is 0. The zero-order valence-electron chi connectivity index (χ0n) is 9.87. The lowest BCUT2D eigenvalue weighted by Gasteiger charge is -2.07. The number of nitrogens with one attached hydrogen (secondary N) is 2. The van der Waals surface area contributed by atoms with Crippen molar-refractivity contribution in [3.8, 4) is 0 Å². The van der Waals surface area contributed by atoms with Gasteiger partial charge < -0.3 is 10.4 Å². The third-order valence-corrected chi connectivity index (χ3v) is 2.06. The second-order valence-electron chi connectivity index (χ2n) is 3.65. The highest BCUT2D eigenvalue weighted by Gasteiger charge is 2.15. The summed E-state index contributed by atoms with van der Waals surface area (Å²) < 4.78 is 38.9. The smallest absolute Gasteiger partial charge is 0.325 e. The van der Waals surface area contributed by atoms with E-state index in [4.69, 9.17) is 5.11 Å². The van der Waals surface area contributed by atoms with Gasteiger partial charge in [0.25, 0.3) is 0 Å². The Morgan fingerprint density at radius 1 is 1.10 bits per heavy atom. The van der Waals surface area contributed by atoms with Crippen LogP contribution in [0.3, 0.4) is 0 Å². The molecule has 0 aliphatic rings. The van der Waals surface area contributed by atoms with Crippen LogP contribution >= 0.6 is 0 Å². The highest BCUT2D eigenvalue weighted by molar-refractivity contribution is 6.01.